The molecule has 0 amide bonds. The van der Waals surface area contributed by atoms with E-state index in [2.05, 4.69) is 56.3 Å². The second-order valence-corrected chi connectivity index (χ2v) is 10.5. The third-order valence-corrected chi connectivity index (χ3v) is 9.18. The molecule has 166 valence electrons. The smallest absolute Gasteiger partial charge is 0.123 e. The lowest BCUT2D eigenvalue weighted by molar-refractivity contribution is 0.0240. The number of rotatable bonds is 6. The van der Waals surface area contributed by atoms with Crippen LogP contribution in [0.3, 0.4) is 0 Å². The number of ether oxygens (including phenoxy) is 1. The Morgan fingerprint density at radius 2 is 1.90 bits per heavy atom. The van der Waals surface area contributed by atoms with Gasteiger partial charge in [0.15, 0.2) is 0 Å². The van der Waals surface area contributed by atoms with Gasteiger partial charge in [0.05, 0.1) is 6.67 Å². The van der Waals surface area contributed by atoms with Crippen molar-refractivity contribution in [3.05, 3.63) is 64.7 Å². The lowest BCUT2D eigenvalue weighted by Gasteiger charge is -2.51. The molecule has 2 fully saturated rings. The second-order valence-electron chi connectivity index (χ2n) is 10.5. The standard InChI is InChI=1S/C29H37FO/c1-3-21-17-26-22(18-28(21)31-19-20-7-5-4-6-8-20)9-11-25-24(26)13-15-29(2)23(14-16-30)10-12-27(25)29/h4-8,17-18,23-25,27H,3,9-16,19H2,1-2H3/t23-,24?,25?,27?,29-/m1/s1. The predicted molar refractivity (Wildman–Crippen MR) is 125 cm³/mol. The summed E-state index contributed by atoms with van der Waals surface area (Å²) in [4.78, 5) is 0. The first-order chi connectivity index (χ1) is 15.1. The summed E-state index contributed by atoms with van der Waals surface area (Å²) in [5.41, 5.74) is 6.07. The number of hydrogen-bond donors (Lipinski definition) is 0. The van der Waals surface area contributed by atoms with Crippen molar-refractivity contribution in [2.45, 2.75) is 77.7 Å². The zero-order valence-electron chi connectivity index (χ0n) is 19.2. The Hall–Kier alpha value is -1.83. The van der Waals surface area contributed by atoms with Gasteiger partial charge in [-0.2, -0.15) is 0 Å². The predicted octanol–water partition coefficient (Wildman–Crippen LogP) is 7.66. The molecule has 0 saturated heterocycles. The third kappa shape index (κ3) is 3.70. The van der Waals surface area contributed by atoms with E-state index in [0.29, 0.717) is 23.9 Å². The molecule has 0 radical (unpaired) electrons. The van der Waals surface area contributed by atoms with E-state index >= 15 is 0 Å². The molecule has 5 atom stereocenters. The maximum Gasteiger partial charge on any atom is 0.123 e. The molecule has 0 bridgehead atoms. The van der Waals surface area contributed by atoms with Gasteiger partial charge in [-0.3, -0.25) is 4.39 Å². The Balaban J connectivity index is 1.39. The molecule has 0 aromatic heterocycles. The average Bonchev–Trinajstić information content (AvgIpc) is 3.14. The summed E-state index contributed by atoms with van der Waals surface area (Å²) in [7, 11) is 0. The van der Waals surface area contributed by atoms with Crippen molar-refractivity contribution < 1.29 is 9.13 Å². The van der Waals surface area contributed by atoms with Crippen molar-refractivity contribution in [2.75, 3.05) is 6.67 Å². The van der Waals surface area contributed by atoms with Crippen LogP contribution in [0.5, 0.6) is 5.75 Å². The molecule has 0 spiro atoms. The minimum atomic E-state index is -0.143. The first-order valence-electron chi connectivity index (χ1n) is 12.5. The Morgan fingerprint density at radius 1 is 1.06 bits per heavy atom. The molecule has 5 rings (SSSR count). The molecular formula is C29H37FO. The summed E-state index contributed by atoms with van der Waals surface area (Å²) in [5.74, 6) is 3.95. The van der Waals surface area contributed by atoms with Crippen LogP contribution in [0.1, 0.15) is 80.5 Å². The molecule has 3 unspecified atom stereocenters. The van der Waals surface area contributed by atoms with E-state index in [-0.39, 0.29) is 6.67 Å². The van der Waals surface area contributed by atoms with Gasteiger partial charge in [0, 0.05) is 0 Å². The van der Waals surface area contributed by atoms with Gasteiger partial charge in [0.25, 0.3) is 0 Å². The molecule has 2 saturated carbocycles. The van der Waals surface area contributed by atoms with Gasteiger partial charge in [-0.25, -0.2) is 0 Å². The van der Waals surface area contributed by atoms with Crippen molar-refractivity contribution in [3.63, 3.8) is 0 Å². The summed E-state index contributed by atoms with van der Waals surface area (Å²) in [5, 5.41) is 0. The van der Waals surface area contributed by atoms with Gasteiger partial charge in [-0.1, -0.05) is 50.2 Å². The first-order valence-corrected chi connectivity index (χ1v) is 12.5. The summed E-state index contributed by atoms with van der Waals surface area (Å²) < 4.78 is 19.5. The van der Waals surface area contributed by atoms with E-state index in [9.17, 15) is 4.39 Å². The first kappa shape index (κ1) is 21.0. The number of hydrogen-bond acceptors (Lipinski definition) is 1. The maximum atomic E-state index is 13.2. The SMILES string of the molecule is CCc1cc2c(cc1OCc1ccccc1)CCC1C2CC[C@@]2(C)C1CC[C@@H]2CCF. The fourth-order valence-electron chi connectivity index (χ4n) is 7.51. The van der Waals surface area contributed by atoms with Crippen molar-refractivity contribution in [1.82, 2.24) is 0 Å². The number of aryl methyl sites for hydroxylation is 2. The fraction of sp³-hybridized carbons (Fsp3) is 0.586. The van der Waals surface area contributed by atoms with Crippen LogP contribution in [0, 0.1) is 23.2 Å². The number of alkyl halides is 1. The Morgan fingerprint density at radius 3 is 2.68 bits per heavy atom. The molecule has 3 aliphatic rings. The minimum absolute atomic E-state index is 0.143. The molecule has 3 aliphatic carbocycles. The monoisotopic (exact) mass is 420 g/mol. The summed E-state index contributed by atoms with van der Waals surface area (Å²) in [6, 6.07) is 15.3. The van der Waals surface area contributed by atoms with Crippen LogP contribution in [-0.2, 0) is 19.4 Å². The highest BCUT2D eigenvalue weighted by Gasteiger charge is 2.54. The molecule has 0 aliphatic heterocycles. The summed E-state index contributed by atoms with van der Waals surface area (Å²) >= 11 is 0. The zero-order valence-corrected chi connectivity index (χ0v) is 19.2. The van der Waals surface area contributed by atoms with Crippen molar-refractivity contribution in [2.24, 2.45) is 23.2 Å². The Labute approximate surface area is 187 Å². The normalized spacial score (nSPS) is 31.6. The quantitative estimate of drug-likeness (QED) is 0.466. The average molecular weight is 421 g/mol. The minimum Gasteiger partial charge on any atom is -0.489 e. The summed E-state index contributed by atoms with van der Waals surface area (Å²) in [6.45, 7) is 5.23. The molecule has 31 heavy (non-hydrogen) atoms. The van der Waals surface area contributed by atoms with Crippen LogP contribution < -0.4 is 4.74 Å². The zero-order chi connectivity index (χ0) is 21.4. The van der Waals surface area contributed by atoms with Crippen LogP contribution in [0.25, 0.3) is 0 Å². The van der Waals surface area contributed by atoms with Gasteiger partial charge in [-0.15, -0.1) is 0 Å². The highest BCUT2D eigenvalue weighted by Crippen LogP contribution is 2.63. The van der Waals surface area contributed by atoms with Crippen LogP contribution in [-0.4, -0.2) is 6.67 Å². The molecule has 1 nitrogen and oxygen atoms in total. The van der Waals surface area contributed by atoms with Crippen LogP contribution in [0.15, 0.2) is 42.5 Å². The van der Waals surface area contributed by atoms with Gasteiger partial charge in [0.1, 0.15) is 12.4 Å². The molecule has 0 N–H and O–H groups in total. The third-order valence-electron chi connectivity index (χ3n) is 9.18. The molecule has 0 heterocycles. The van der Waals surface area contributed by atoms with Crippen LogP contribution in [0.2, 0.25) is 0 Å². The Bertz CT molecular complexity index is 906. The van der Waals surface area contributed by atoms with Crippen molar-refractivity contribution in [3.8, 4) is 5.75 Å². The molecular weight excluding hydrogens is 383 g/mol. The van der Waals surface area contributed by atoms with Gasteiger partial charge >= 0.3 is 0 Å². The second kappa shape index (κ2) is 8.60. The van der Waals surface area contributed by atoms with E-state index in [0.717, 1.165) is 30.4 Å². The highest BCUT2D eigenvalue weighted by molar-refractivity contribution is 5.46. The van der Waals surface area contributed by atoms with Crippen molar-refractivity contribution in [1.29, 1.82) is 0 Å². The van der Waals surface area contributed by atoms with Gasteiger partial charge < -0.3 is 4.74 Å². The molecule has 2 aromatic carbocycles. The maximum absolute atomic E-state index is 13.2. The van der Waals surface area contributed by atoms with E-state index in [1.165, 1.54) is 55.2 Å². The van der Waals surface area contributed by atoms with Gasteiger partial charge in [0.2, 0.25) is 0 Å². The number of halogens is 1. The Kier molecular flexibility index (Phi) is 5.84. The lowest BCUT2D eigenvalue weighted by Crippen LogP contribution is -2.42. The highest BCUT2D eigenvalue weighted by atomic mass is 19.1. The van der Waals surface area contributed by atoms with Gasteiger partial charge in [-0.05, 0) is 109 Å². The summed E-state index contributed by atoms with van der Waals surface area (Å²) in [6.07, 6.45) is 9.37. The van der Waals surface area contributed by atoms with E-state index < -0.39 is 0 Å². The topological polar surface area (TPSA) is 9.23 Å². The largest absolute Gasteiger partial charge is 0.489 e. The number of fused-ring (bicyclic) bond motifs is 5. The lowest BCUT2D eigenvalue weighted by atomic mass is 9.54. The van der Waals surface area contributed by atoms with E-state index in [1.807, 2.05) is 0 Å². The van der Waals surface area contributed by atoms with Crippen molar-refractivity contribution >= 4 is 0 Å². The van der Waals surface area contributed by atoms with E-state index in [1.54, 1.807) is 5.56 Å². The molecule has 2 heteroatoms. The fourth-order valence-corrected chi connectivity index (χ4v) is 7.51. The molecule has 2 aromatic rings. The van der Waals surface area contributed by atoms with Crippen LogP contribution >= 0.6 is 0 Å². The van der Waals surface area contributed by atoms with E-state index in [4.69, 9.17) is 4.74 Å². The van der Waals surface area contributed by atoms with Crippen LogP contribution in [0.4, 0.5) is 4.39 Å². The number of benzene rings is 2.